The number of aromatic nitrogens is 3. The van der Waals surface area contributed by atoms with Crippen LogP contribution in [0.4, 0.5) is 10.2 Å². The molecule has 0 fully saturated rings. The minimum atomic E-state index is -0.362. The van der Waals surface area contributed by atoms with Gasteiger partial charge in [0.05, 0.1) is 10.7 Å². The molecular weight excluding hydrogens is 315 g/mol. The lowest BCUT2D eigenvalue weighted by Crippen LogP contribution is -1.99. The van der Waals surface area contributed by atoms with Crippen LogP contribution < -0.4 is 10.5 Å². The van der Waals surface area contributed by atoms with Crippen LogP contribution in [0.5, 0.6) is 11.6 Å². The molecule has 0 saturated carbocycles. The van der Waals surface area contributed by atoms with Crippen LogP contribution in [0, 0.1) is 5.82 Å². The van der Waals surface area contributed by atoms with Gasteiger partial charge < -0.3 is 10.5 Å². The van der Waals surface area contributed by atoms with Crippen LogP contribution in [0.1, 0.15) is 0 Å². The summed E-state index contributed by atoms with van der Waals surface area (Å²) in [6, 6.07) is 4.32. The second-order valence-electron chi connectivity index (χ2n) is 3.81. The van der Waals surface area contributed by atoms with Gasteiger partial charge in [0.2, 0.25) is 5.65 Å². The Labute approximate surface area is 116 Å². The number of nitrogens with two attached hydrogens (primary N) is 1. The maximum absolute atomic E-state index is 13.2. The predicted octanol–water partition coefficient (Wildman–Crippen LogP) is 3.01. The maximum atomic E-state index is 13.2. The van der Waals surface area contributed by atoms with Gasteiger partial charge in [0.25, 0.3) is 5.88 Å². The average molecular weight is 323 g/mol. The van der Waals surface area contributed by atoms with Gasteiger partial charge in [-0.1, -0.05) is 0 Å². The number of fused-ring (bicyclic) bond motifs is 1. The van der Waals surface area contributed by atoms with Crippen molar-refractivity contribution < 1.29 is 9.13 Å². The zero-order valence-corrected chi connectivity index (χ0v) is 11.1. The lowest BCUT2D eigenvalue weighted by Gasteiger charge is -2.07. The van der Waals surface area contributed by atoms with E-state index in [9.17, 15) is 4.39 Å². The first-order chi connectivity index (χ1) is 9.13. The van der Waals surface area contributed by atoms with Gasteiger partial charge >= 0.3 is 0 Å². The van der Waals surface area contributed by atoms with E-state index in [1.165, 1.54) is 18.2 Å². The monoisotopic (exact) mass is 322 g/mol. The Hall–Kier alpha value is -2.15. The van der Waals surface area contributed by atoms with Crippen LogP contribution >= 0.6 is 15.9 Å². The molecule has 5 nitrogen and oxygen atoms in total. The second kappa shape index (κ2) is 4.51. The second-order valence-corrected chi connectivity index (χ2v) is 4.66. The van der Waals surface area contributed by atoms with Crippen LogP contribution in [0.25, 0.3) is 5.65 Å². The van der Waals surface area contributed by atoms with Gasteiger partial charge in [0.15, 0.2) is 0 Å². The van der Waals surface area contributed by atoms with Crippen LogP contribution in [0.3, 0.4) is 0 Å². The van der Waals surface area contributed by atoms with Gasteiger partial charge in [-0.3, -0.25) is 4.40 Å². The minimum absolute atomic E-state index is 0.267. The Bertz CT molecular complexity index is 759. The molecule has 1 aromatic carbocycles. The molecule has 0 radical (unpaired) electrons. The van der Waals surface area contributed by atoms with Crippen LogP contribution in [0.2, 0.25) is 0 Å². The molecule has 0 unspecified atom stereocenters. The molecule has 0 atom stereocenters. The highest BCUT2D eigenvalue weighted by Gasteiger charge is 2.10. The third kappa shape index (κ3) is 2.24. The molecule has 7 heteroatoms. The van der Waals surface area contributed by atoms with Crippen molar-refractivity contribution in [3.8, 4) is 11.6 Å². The van der Waals surface area contributed by atoms with E-state index >= 15 is 0 Å². The van der Waals surface area contributed by atoms with Gasteiger partial charge in [-0.25, -0.2) is 9.37 Å². The lowest BCUT2D eigenvalue weighted by molar-refractivity contribution is 0.463. The highest BCUT2D eigenvalue weighted by Crippen LogP contribution is 2.27. The highest BCUT2D eigenvalue weighted by molar-refractivity contribution is 9.10. The number of nitrogen functional groups attached to an aromatic ring is 1. The summed E-state index contributed by atoms with van der Waals surface area (Å²) in [6.07, 6.45) is 4.99. The zero-order chi connectivity index (χ0) is 13.4. The SMILES string of the molecule is Nc1cn2ccnc2c(Oc2ccc(F)c(Br)c2)n1. The van der Waals surface area contributed by atoms with E-state index in [-0.39, 0.29) is 11.7 Å². The molecule has 0 aliphatic rings. The van der Waals surface area contributed by atoms with Gasteiger partial charge in [-0.05, 0) is 34.1 Å². The van der Waals surface area contributed by atoms with Crippen LogP contribution in [-0.2, 0) is 0 Å². The first-order valence-electron chi connectivity index (χ1n) is 5.35. The topological polar surface area (TPSA) is 65.4 Å². The minimum Gasteiger partial charge on any atom is -0.436 e. The molecule has 3 aromatic rings. The Kier molecular flexibility index (Phi) is 2.83. The Balaban J connectivity index is 2.04. The first-order valence-corrected chi connectivity index (χ1v) is 6.15. The fraction of sp³-hybridized carbons (Fsp3) is 0. The number of rotatable bonds is 2. The Morgan fingerprint density at radius 3 is 3.00 bits per heavy atom. The molecule has 96 valence electrons. The fourth-order valence-electron chi connectivity index (χ4n) is 1.64. The Morgan fingerprint density at radius 2 is 2.21 bits per heavy atom. The first kappa shape index (κ1) is 11.9. The third-order valence-electron chi connectivity index (χ3n) is 2.47. The van der Waals surface area contributed by atoms with Crippen molar-refractivity contribution in [1.29, 1.82) is 0 Å². The van der Waals surface area contributed by atoms with Crippen molar-refractivity contribution in [2.24, 2.45) is 0 Å². The summed E-state index contributed by atoms with van der Waals surface area (Å²) in [5, 5.41) is 0. The maximum Gasteiger partial charge on any atom is 0.265 e. The molecule has 0 spiro atoms. The largest absolute Gasteiger partial charge is 0.436 e. The summed E-state index contributed by atoms with van der Waals surface area (Å²) >= 11 is 3.10. The molecule has 19 heavy (non-hydrogen) atoms. The summed E-state index contributed by atoms with van der Waals surface area (Å²) in [7, 11) is 0. The van der Waals surface area contributed by atoms with Crippen molar-refractivity contribution >= 4 is 27.4 Å². The molecule has 0 saturated heterocycles. The van der Waals surface area contributed by atoms with Gasteiger partial charge in [-0.15, -0.1) is 0 Å². The van der Waals surface area contributed by atoms with Crippen molar-refractivity contribution in [3.63, 3.8) is 0 Å². The molecule has 3 rings (SSSR count). The zero-order valence-electron chi connectivity index (χ0n) is 9.55. The molecule has 0 aliphatic heterocycles. The van der Waals surface area contributed by atoms with E-state index in [0.717, 1.165) is 0 Å². The standard InChI is InChI=1S/C12H8BrFN4O/c13-8-5-7(1-2-9(8)14)19-12-11-16-3-4-18(11)6-10(15)17-12/h1-6H,15H2. The molecule has 2 aromatic heterocycles. The number of ether oxygens (including phenoxy) is 1. The number of hydrogen-bond acceptors (Lipinski definition) is 4. The quantitative estimate of drug-likeness (QED) is 0.787. The fourth-order valence-corrected chi connectivity index (χ4v) is 2.00. The van der Waals surface area contributed by atoms with E-state index < -0.39 is 0 Å². The van der Waals surface area contributed by atoms with Gasteiger partial charge in [0, 0.05) is 12.4 Å². The van der Waals surface area contributed by atoms with E-state index in [1.807, 2.05) is 0 Å². The normalized spacial score (nSPS) is 10.8. The van der Waals surface area contributed by atoms with Crippen LogP contribution in [0.15, 0.2) is 41.3 Å². The molecule has 2 heterocycles. The summed E-state index contributed by atoms with van der Waals surface area (Å²) in [5.74, 6) is 0.653. The van der Waals surface area contributed by atoms with E-state index in [0.29, 0.717) is 21.7 Å². The molecule has 2 N–H and O–H groups in total. The molecular formula is C12H8BrFN4O. The number of hydrogen-bond donors (Lipinski definition) is 1. The van der Waals surface area contributed by atoms with Crippen molar-refractivity contribution in [2.75, 3.05) is 5.73 Å². The summed E-state index contributed by atoms with van der Waals surface area (Å²) in [5.41, 5.74) is 6.22. The van der Waals surface area contributed by atoms with Crippen molar-refractivity contribution in [1.82, 2.24) is 14.4 Å². The number of anilines is 1. The number of nitrogens with zero attached hydrogens (tertiary/aromatic N) is 3. The highest BCUT2D eigenvalue weighted by atomic mass is 79.9. The van der Waals surface area contributed by atoms with E-state index in [4.69, 9.17) is 10.5 Å². The molecule has 0 bridgehead atoms. The molecule has 0 aliphatic carbocycles. The number of halogens is 2. The molecule has 0 amide bonds. The summed E-state index contributed by atoms with van der Waals surface area (Å²) < 4.78 is 20.8. The predicted molar refractivity (Wildman–Crippen MR) is 71.6 cm³/mol. The Morgan fingerprint density at radius 1 is 1.37 bits per heavy atom. The lowest BCUT2D eigenvalue weighted by atomic mass is 10.3. The van der Waals surface area contributed by atoms with E-state index in [2.05, 4.69) is 25.9 Å². The smallest absolute Gasteiger partial charge is 0.265 e. The third-order valence-corrected chi connectivity index (χ3v) is 3.08. The van der Waals surface area contributed by atoms with Gasteiger partial charge in [0.1, 0.15) is 17.4 Å². The summed E-state index contributed by atoms with van der Waals surface area (Å²) in [6.45, 7) is 0. The van der Waals surface area contributed by atoms with Gasteiger partial charge in [-0.2, -0.15) is 4.98 Å². The van der Waals surface area contributed by atoms with Crippen molar-refractivity contribution in [3.05, 3.63) is 47.1 Å². The van der Waals surface area contributed by atoms with Crippen molar-refractivity contribution in [2.45, 2.75) is 0 Å². The number of benzene rings is 1. The van der Waals surface area contributed by atoms with E-state index in [1.54, 1.807) is 23.0 Å². The summed E-state index contributed by atoms with van der Waals surface area (Å²) in [4.78, 5) is 8.21. The average Bonchev–Trinajstić information content (AvgIpc) is 2.82. The van der Waals surface area contributed by atoms with Crippen LogP contribution in [-0.4, -0.2) is 14.4 Å². The number of imidazole rings is 1.